The molecule has 0 bridgehead atoms. The molecule has 0 aromatic heterocycles. The van der Waals surface area contributed by atoms with Crippen molar-refractivity contribution in [3.05, 3.63) is 63.6 Å². The molecule has 1 atom stereocenters. The number of urea groups is 1. The van der Waals surface area contributed by atoms with Crippen molar-refractivity contribution in [3.8, 4) is 5.75 Å². The van der Waals surface area contributed by atoms with Crippen LogP contribution in [0.25, 0.3) is 0 Å². The minimum absolute atomic E-state index is 0.146. The number of halogens is 2. The third kappa shape index (κ3) is 3.15. The average Bonchev–Trinajstić information content (AvgIpc) is 2.88. The summed E-state index contributed by atoms with van der Waals surface area (Å²) in [5, 5.41) is 3.83. The van der Waals surface area contributed by atoms with Gasteiger partial charge in [-0.05, 0) is 48.6 Å². The van der Waals surface area contributed by atoms with Gasteiger partial charge in [-0.3, -0.25) is 9.69 Å². The summed E-state index contributed by atoms with van der Waals surface area (Å²) >= 11 is 12.0. The van der Waals surface area contributed by atoms with Gasteiger partial charge < -0.3 is 10.1 Å². The van der Waals surface area contributed by atoms with Crippen molar-refractivity contribution in [2.75, 3.05) is 13.2 Å². The molecule has 1 aliphatic carbocycles. The smallest absolute Gasteiger partial charge is 0.325 e. The second kappa shape index (κ2) is 7.06. The van der Waals surface area contributed by atoms with Crippen molar-refractivity contribution in [2.45, 2.75) is 24.8 Å². The second-order valence-corrected chi connectivity index (χ2v) is 7.57. The van der Waals surface area contributed by atoms with E-state index >= 15 is 0 Å². The summed E-state index contributed by atoms with van der Waals surface area (Å²) in [6, 6.07) is 12.3. The van der Waals surface area contributed by atoms with E-state index in [1.165, 1.54) is 4.90 Å². The molecule has 1 spiro atoms. The highest BCUT2D eigenvalue weighted by atomic mass is 35.5. The minimum atomic E-state index is -0.955. The number of hydrogen-bond acceptors (Lipinski definition) is 3. The quantitative estimate of drug-likeness (QED) is 0.778. The Morgan fingerprint density at radius 1 is 1.15 bits per heavy atom. The Bertz CT molecular complexity index is 918. The molecule has 1 unspecified atom stereocenters. The number of benzene rings is 2. The lowest BCUT2D eigenvalue weighted by Gasteiger charge is -2.33. The number of imide groups is 1. The van der Waals surface area contributed by atoms with E-state index in [2.05, 4.69) is 5.32 Å². The number of fused-ring (bicyclic) bond motifs is 2. The number of carbonyl (C=O) groups excluding carboxylic acids is 2. The van der Waals surface area contributed by atoms with Gasteiger partial charge in [0.1, 0.15) is 17.9 Å². The van der Waals surface area contributed by atoms with Crippen molar-refractivity contribution in [2.24, 2.45) is 0 Å². The van der Waals surface area contributed by atoms with Crippen molar-refractivity contribution in [1.82, 2.24) is 10.2 Å². The molecule has 0 radical (unpaired) electrons. The van der Waals surface area contributed by atoms with Crippen molar-refractivity contribution in [1.29, 1.82) is 0 Å². The highest BCUT2D eigenvalue weighted by Gasteiger charge is 2.53. The van der Waals surface area contributed by atoms with Crippen LogP contribution >= 0.6 is 23.2 Å². The Balaban J connectivity index is 1.49. The molecular weight excluding hydrogens is 387 g/mol. The van der Waals surface area contributed by atoms with E-state index in [1.54, 1.807) is 18.2 Å². The van der Waals surface area contributed by atoms with Crippen LogP contribution in [-0.4, -0.2) is 30.0 Å². The Labute approximate surface area is 167 Å². The van der Waals surface area contributed by atoms with Gasteiger partial charge in [-0.1, -0.05) is 47.5 Å². The van der Waals surface area contributed by atoms with Crippen LogP contribution in [0.4, 0.5) is 4.79 Å². The van der Waals surface area contributed by atoms with E-state index in [4.69, 9.17) is 27.9 Å². The third-order valence-corrected chi connectivity index (χ3v) is 5.65. The van der Waals surface area contributed by atoms with Gasteiger partial charge in [0, 0.05) is 5.02 Å². The largest absolute Gasteiger partial charge is 0.490 e. The molecule has 7 heteroatoms. The fraction of sp³-hybridized carbons (Fsp3) is 0.300. The molecule has 1 fully saturated rings. The van der Waals surface area contributed by atoms with Gasteiger partial charge in [-0.2, -0.15) is 0 Å². The van der Waals surface area contributed by atoms with Gasteiger partial charge >= 0.3 is 6.03 Å². The molecule has 2 aromatic carbocycles. The lowest BCUT2D eigenvalue weighted by Crippen LogP contribution is -2.46. The van der Waals surface area contributed by atoms with E-state index < -0.39 is 5.54 Å². The summed E-state index contributed by atoms with van der Waals surface area (Å²) in [4.78, 5) is 26.9. The molecule has 1 N–H and O–H groups in total. The van der Waals surface area contributed by atoms with E-state index in [-0.39, 0.29) is 25.1 Å². The van der Waals surface area contributed by atoms with Crippen LogP contribution in [-0.2, 0) is 16.8 Å². The molecule has 2 aromatic rings. The first-order chi connectivity index (χ1) is 13.0. The second-order valence-electron chi connectivity index (χ2n) is 6.73. The summed E-state index contributed by atoms with van der Waals surface area (Å²) in [5.74, 6) is 0.247. The Morgan fingerprint density at radius 3 is 2.78 bits per heavy atom. The lowest BCUT2D eigenvalue weighted by molar-refractivity contribution is -0.132. The predicted octanol–water partition coefficient (Wildman–Crippen LogP) is 4.16. The van der Waals surface area contributed by atoms with Crippen molar-refractivity contribution < 1.29 is 14.3 Å². The monoisotopic (exact) mass is 404 g/mol. The number of nitrogens with zero attached hydrogens (tertiary/aromatic N) is 1. The highest BCUT2D eigenvalue weighted by molar-refractivity contribution is 6.35. The first-order valence-corrected chi connectivity index (χ1v) is 9.57. The normalized spacial score (nSPS) is 21.3. The molecule has 1 heterocycles. The molecule has 27 heavy (non-hydrogen) atoms. The standard InChI is InChI=1S/C20H18Cl2N2O3/c21-14-7-8-17(16(22)12-14)27-11-10-24-18(25)20(23-19(24)26)9-3-5-13-4-1-2-6-15(13)20/h1-2,4,6-8,12H,3,5,9-11H2,(H,23,26). The summed E-state index contributed by atoms with van der Waals surface area (Å²) in [5.41, 5.74) is 1.06. The topological polar surface area (TPSA) is 58.6 Å². The Hall–Kier alpha value is -2.24. The summed E-state index contributed by atoms with van der Waals surface area (Å²) in [7, 11) is 0. The summed E-state index contributed by atoms with van der Waals surface area (Å²) in [6.07, 6.45) is 2.38. The van der Waals surface area contributed by atoms with E-state index in [1.807, 2.05) is 24.3 Å². The number of nitrogens with one attached hydrogen (secondary N) is 1. The number of carbonyl (C=O) groups is 2. The van der Waals surface area contributed by atoms with Crippen molar-refractivity contribution in [3.63, 3.8) is 0 Å². The van der Waals surface area contributed by atoms with Gasteiger partial charge in [0.15, 0.2) is 0 Å². The molecule has 0 saturated carbocycles. The number of rotatable bonds is 4. The van der Waals surface area contributed by atoms with E-state index in [0.29, 0.717) is 22.2 Å². The molecule has 3 amide bonds. The zero-order chi connectivity index (χ0) is 19.0. The number of ether oxygens (including phenoxy) is 1. The van der Waals surface area contributed by atoms with E-state index in [9.17, 15) is 9.59 Å². The van der Waals surface area contributed by atoms with E-state index in [0.717, 1.165) is 24.0 Å². The third-order valence-electron chi connectivity index (χ3n) is 5.12. The first-order valence-electron chi connectivity index (χ1n) is 8.81. The molecule has 1 aliphatic heterocycles. The minimum Gasteiger partial charge on any atom is -0.490 e. The zero-order valence-corrected chi connectivity index (χ0v) is 16.0. The van der Waals surface area contributed by atoms with Crippen LogP contribution in [0.1, 0.15) is 24.0 Å². The zero-order valence-electron chi connectivity index (χ0n) is 14.5. The molecule has 1 saturated heterocycles. The van der Waals surface area contributed by atoms with Crippen LogP contribution < -0.4 is 10.1 Å². The number of aryl methyl sites for hydroxylation is 1. The van der Waals surface area contributed by atoms with Crippen LogP contribution in [0.3, 0.4) is 0 Å². The SMILES string of the molecule is O=C1NC2(CCCc3ccccc32)C(=O)N1CCOc1ccc(Cl)cc1Cl. The summed E-state index contributed by atoms with van der Waals surface area (Å²) in [6.45, 7) is 0.297. The van der Waals surface area contributed by atoms with Gasteiger partial charge in [-0.25, -0.2) is 4.79 Å². The van der Waals surface area contributed by atoms with Gasteiger partial charge in [0.25, 0.3) is 5.91 Å². The predicted molar refractivity (Wildman–Crippen MR) is 103 cm³/mol. The van der Waals surface area contributed by atoms with Crippen molar-refractivity contribution >= 4 is 35.1 Å². The lowest BCUT2D eigenvalue weighted by atomic mass is 9.76. The fourth-order valence-electron chi connectivity index (χ4n) is 3.85. The summed E-state index contributed by atoms with van der Waals surface area (Å²) < 4.78 is 5.63. The van der Waals surface area contributed by atoms with Gasteiger partial charge in [-0.15, -0.1) is 0 Å². The first kappa shape index (κ1) is 18.1. The van der Waals surface area contributed by atoms with Crippen LogP contribution in [0, 0.1) is 0 Å². The number of hydrogen-bond donors (Lipinski definition) is 1. The highest BCUT2D eigenvalue weighted by Crippen LogP contribution is 2.39. The average molecular weight is 405 g/mol. The van der Waals surface area contributed by atoms with Gasteiger partial charge in [0.2, 0.25) is 0 Å². The van der Waals surface area contributed by atoms with Gasteiger partial charge in [0.05, 0.1) is 11.6 Å². The van der Waals surface area contributed by atoms with Crippen LogP contribution in [0.2, 0.25) is 10.0 Å². The fourth-order valence-corrected chi connectivity index (χ4v) is 4.32. The number of amides is 3. The maximum absolute atomic E-state index is 13.2. The molecule has 140 valence electrons. The van der Waals surface area contributed by atoms with Crippen LogP contribution in [0.5, 0.6) is 5.75 Å². The Morgan fingerprint density at radius 2 is 1.96 bits per heavy atom. The van der Waals surface area contributed by atoms with Crippen LogP contribution in [0.15, 0.2) is 42.5 Å². The maximum Gasteiger partial charge on any atom is 0.325 e. The molecule has 4 rings (SSSR count). The molecular formula is C20H18Cl2N2O3. The molecule has 2 aliphatic rings. The Kier molecular flexibility index (Phi) is 4.74. The molecule has 5 nitrogen and oxygen atoms in total. The maximum atomic E-state index is 13.2.